The van der Waals surface area contributed by atoms with Crippen molar-refractivity contribution in [2.45, 2.75) is 0 Å². The highest BCUT2D eigenvalue weighted by Crippen LogP contribution is 1.97. The Kier molecular flexibility index (Phi) is 1.04. The molecule has 1 aromatic rings. The first kappa shape index (κ1) is 4.90. The van der Waals surface area contributed by atoms with Gasteiger partial charge in [-0.3, -0.25) is 0 Å². The van der Waals surface area contributed by atoms with Crippen LogP contribution >= 0.6 is 0 Å². The largest absolute Gasteiger partial charge is 0.397 e. The van der Waals surface area contributed by atoms with Crippen molar-refractivity contribution >= 4 is 5.70 Å². The number of hydrogen-bond acceptors (Lipinski definition) is 2. The lowest BCUT2D eigenvalue weighted by atomic mass is 10.4. The highest BCUT2D eigenvalue weighted by Gasteiger charge is 1.89. The summed E-state index contributed by atoms with van der Waals surface area (Å²) in [6.45, 7) is 3.50. The van der Waals surface area contributed by atoms with Crippen molar-refractivity contribution in [1.82, 2.24) is 9.97 Å². The number of aromatic nitrogens is 2. The second kappa shape index (κ2) is 1.69. The molecule has 0 fully saturated rings. The van der Waals surface area contributed by atoms with Gasteiger partial charge in [0, 0.05) is 5.70 Å². The molecule has 0 amide bonds. The normalized spacial score (nSPS) is 9.00. The van der Waals surface area contributed by atoms with Crippen molar-refractivity contribution in [2.75, 3.05) is 0 Å². The summed E-state index contributed by atoms with van der Waals surface area (Å²) in [5, 5.41) is 0. The SMILES string of the molecule is C=C(N)c1cnc[nH]1. The first-order chi connectivity index (χ1) is 3.80. The minimum absolute atomic E-state index is 0.516. The van der Waals surface area contributed by atoms with Gasteiger partial charge in [-0.25, -0.2) is 4.98 Å². The van der Waals surface area contributed by atoms with Gasteiger partial charge in [0.05, 0.1) is 18.2 Å². The number of aromatic amines is 1. The Labute approximate surface area is 47.2 Å². The molecular formula is C5H7N3. The van der Waals surface area contributed by atoms with E-state index in [0.717, 1.165) is 5.69 Å². The number of rotatable bonds is 1. The van der Waals surface area contributed by atoms with Gasteiger partial charge in [-0.05, 0) is 0 Å². The van der Waals surface area contributed by atoms with Crippen LogP contribution in [0.1, 0.15) is 5.69 Å². The maximum absolute atomic E-state index is 5.29. The molecule has 3 N–H and O–H groups in total. The van der Waals surface area contributed by atoms with Gasteiger partial charge >= 0.3 is 0 Å². The molecule has 0 radical (unpaired) electrons. The summed E-state index contributed by atoms with van der Waals surface area (Å²) in [5.41, 5.74) is 6.59. The zero-order valence-corrected chi connectivity index (χ0v) is 4.39. The quantitative estimate of drug-likeness (QED) is 0.546. The zero-order chi connectivity index (χ0) is 5.98. The Morgan fingerprint density at radius 2 is 2.62 bits per heavy atom. The van der Waals surface area contributed by atoms with Crippen molar-refractivity contribution in [1.29, 1.82) is 0 Å². The Morgan fingerprint density at radius 3 is 2.88 bits per heavy atom. The van der Waals surface area contributed by atoms with E-state index in [1.807, 2.05) is 0 Å². The second-order valence-electron chi connectivity index (χ2n) is 1.49. The smallest absolute Gasteiger partial charge is 0.0924 e. The lowest BCUT2D eigenvalue weighted by Gasteiger charge is -1.87. The predicted molar refractivity (Wildman–Crippen MR) is 31.8 cm³/mol. The van der Waals surface area contributed by atoms with E-state index in [1.54, 1.807) is 12.5 Å². The van der Waals surface area contributed by atoms with Gasteiger partial charge in [-0.2, -0.15) is 0 Å². The van der Waals surface area contributed by atoms with E-state index in [1.165, 1.54) is 0 Å². The van der Waals surface area contributed by atoms with Crippen LogP contribution in [-0.2, 0) is 0 Å². The predicted octanol–water partition coefficient (Wildman–Crippen LogP) is 0.339. The summed E-state index contributed by atoms with van der Waals surface area (Å²) in [5.74, 6) is 0. The first-order valence-electron chi connectivity index (χ1n) is 2.24. The highest BCUT2D eigenvalue weighted by atomic mass is 14.9. The maximum Gasteiger partial charge on any atom is 0.0924 e. The van der Waals surface area contributed by atoms with Crippen LogP contribution in [0.5, 0.6) is 0 Å². The molecule has 0 saturated carbocycles. The summed E-state index contributed by atoms with van der Waals surface area (Å²) in [4.78, 5) is 6.55. The molecular weight excluding hydrogens is 102 g/mol. The third-order valence-electron chi connectivity index (χ3n) is 0.844. The molecule has 42 valence electrons. The van der Waals surface area contributed by atoms with Crippen LogP contribution in [0, 0.1) is 0 Å². The summed E-state index contributed by atoms with van der Waals surface area (Å²) in [7, 11) is 0. The number of H-pyrrole nitrogens is 1. The van der Waals surface area contributed by atoms with Crippen molar-refractivity contribution in [3.63, 3.8) is 0 Å². The van der Waals surface area contributed by atoms with Crippen LogP contribution in [-0.4, -0.2) is 9.97 Å². The summed E-state index contributed by atoms with van der Waals surface area (Å²) in [6.07, 6.45) is 3.19. The van der Waals surface area contributed by atoms with Gasteiger partial charge in [0.2, 0.25) is 0 Å². The molecule has 0 aliphatic rings. The number of imidazole rings is 1. The number of hydrogen-bond donors (Lipinski definition) is 2. The molecule has 0 aliphatic carbocycles. The molecule has 0 unspecified atom stereocenters. The van der Waals surface area contributed by atoms with Gasteiger partial charge in [0.15, 0.2) is 0 Å². The maximum atomic E-state index is 5.29. The minimum atomic E-state index is 0.516. The van der Waals surface area contributed by atoms with Crippen molar-refractivity contribution < 1.29 is 0 Å². The van der Waals surface area contributed by atoms with Crippen LogP contribution < -0.4 is 5.73 Å². The summed E-state index contributed by atoms with van der Waals surface area (Å²) >= 11 is 0. The van der Waals surface area contributed by atoms with Crippen molar-refractivity contribution in [3.05, 3.63) is 24.8 Å². The average Bonchev–Trinajstić information content (AvgIpc) is 2.12. The molecule has 0 spiro atoms. The zero-order valence-electron chi connectivity index (χ0n) is 4.39. The number of nitrogens with two attached hydrogens (primary N) is 1. The fourth-order valence-electron chi connectivity index (χ4n) is 0.431. The van der Waals surface area contributed by atoms with Crippen LogP contribution in [0.2, 0.25) is 0 Å². The highest BCUT2D eigenvalue weighted by molar-refractivity contribution is 5.55. The van der Waals surface area contributed by atoms with Gasteiger partial charge in [0.1, 0.15) is 0 Å². The van der Waals surface area contributed by atoms with Gasteiger partial charge in [-0.15, -0.1) is 0 Å². The molecule has 1 aromatic heterocycles. The molecule has 0 bridgehead atoms. The van der Waals surface area contributed by atoms with E-state index in [2.05, 4.69) is 16.5 Å². The lowest BCUT2D eigenvalue weighted by Crippen LogP contribution is -1.92. The molecule has 1 heterocycles. The molecule has 0 saturated heterocycles. The Hall–Kier alpha value is -1.25. The molecule has 1 rings (SSSR count). The van der Waals surface area contributed by atoms with Crippen LogP contribution in [0.3, 0.4) is 0 Å². The van der Waals surface area contributed by atoms with E-state index < -0.39 is 0 Å². The van der Waals surface area contributed by atoms with E-state index in [4.69, 9.17) is 5.73 Å². The standard InChI is InChI=1S/C5H7N3/c1-4(6)5-2-7-3-8-5/h2-3H,1,6H2,(H,7,8). The molecule has 3 nitrogen and oxygen atoms in total. The summed E-state index contributed by atoms with van der Waals surface area (Å²) in [6, 6.07) is 0. The Morgan fingerprint density at radius 1 is 1.88 bits per heavy atom. The number of nitrogens with zero attached hydrogens (tertiary/aromatic N) is 1. The van der Waals surface area contributed by atoms with Gasteiger partial charge < -0.3 is 10.7 Å². The second-order valence-corrected chi connectivity index (χ2v) is 1.49. The Bertz CT molecular complexity index is 176. The third-order valence-corrected chi connectivity index (χ3v) is 0.844. The molecule has 3 heteroatoms. The number of nitrogens with one attached hydrogen (secondary N) is 1. The van der Waals surface area contributed by atoms with Crippen LogP contribution in [0.15, 0.2) is 19.1 Å². The summed E-state index contributed by atoms with van der Waals surface area (Å²) < 4.78 is 0. The molecule has 0 atom stereocenters. The fourth-order valence-corrected chi connectivity index (χ4v) is 0.431. The first-order valence-corrected chi connectivity index (χ1v) is 2.24. The third kappa shape index (κ3) is 0.703. The van der Waals surface area contributed by atoms with Crippen LogP contribution in [0.25, 0.3) is 5.70 Å². The Balaban J connectivity index is 2.93. The molecule has 8 heavy (non-hydrogen) atoms. The van der Waals surface area contributed by atoms with E-state index >= 15 is 0 Å². The van der Waals surface area contributed by atoms with E-state index in [-0.39, 0.29) is 0 Å². The van der Waals surface area contributed by atoms with Gasteiger partial charge in [0.25, 0.3) is 0 Å². The fraction of sp³-hybridized carbons (Fsp3) is 0. The van der Waals surface area contributed by atoms with E-state index in [9.17, 15) is 0 Å². The van der Waals surface area contributed by atoms with Crippen molar-refractivity contribution in [2.24, 2.45) is 5.73 Å². The molecule has 0 aromatic carbocycles. The lowest BCUT2D eigenvalue weighted by molar-refractivity contribution is 1.29. The molecule has 0 aliphatic heterocycles. The van der Waals surface area contributed by atoms with Gasteiger partial charge in [-0.1, -0.05) is 6.58 Å². The average molecular weight is 109 g/mol. The minimum Gasteiger partial charge on any atom is -0.397 e. The van der Waals surface area contributed by atoms with Crippen LogP contribution in [0.4, 0.5) is 0 Å². The topological polar surface area (TPSA) is 54.7 Å². The van der Waals surface area contributed by atoms with E-state index in [0.29, 0.717) is 5.70 Å². The monoisotopic (exact) mass is 109 g/mol. The van der Waals surface area contributed by atoms with Crippen molar-refractivity contribution in [3.8, 4) is 0 Å².